The van der Waals surface area contributed by atoms with Gasteiger partial charge in [-0.05, 0) is 26.0 Å². The van der Waals surface area contributed by atoms with E-state index in [-0.39, 0.29) is 12.0 Å². The lowest BCUT2D eigenvalue weighted by atomic mass is 10.2. The van der Waals surface area contributed by atoms with E-state index in [9.17, 15) is 9.90 Å². The number of β-amino-alcohol motifs (C(OH)–C–C–N with tert-alkyl or cyclic N) is 1. The normalized spacial score (nSPS) is 18.4. The summed E-state index contributed by atoms with van der Waals surface area (Å²) < 4.78 is 0. The Balaban J connectivity index is 1.92. The van der Waals surface area contributed by atoms with Crippen molar-refractivity contribution in [1.29, 1.82) is 0 Å². The summed E-state index contributed by atoms with van der Waals surface area (Å²) in [5.41, 5.74) is 1.38. The number of carbonyl (C=O) groups is 1. The highest BCUT2D eigenvalue weighted by Gasteiger charge is 2.23. The largest absolute Gasteiger partial charge is 0.392 e. The van der Waals surface area contributed by atoms with E-state index in [0.29, 0.717) is 25.3 Å². The van der Waals surface area contributed by atoms with Crippen molar-refractivity contribution in [2.24, 2.45) is 0 Å². The molecule has 5 heteroatoms. The molecule has 5 nitrogen and oxygen atoms in total. The van der Waals surface area contributed by atoms with E-state index >= 15 is 0 Å². The first kappa shape index (κ1) is 14.0. The minimum absolute atomic E-state index is 0.000368. The summed E-state index contributed by atoms with van der Waals surface area (Å²) in [6, 6.07) is 5.51. The van der Waals surface area contributed by atoms with Gasteiger partial charge in [-0.15, -0.1) is 0 Å². The molecule has 1 atom stereocenters. The Hall–Kier alpha value is -1.46. The number of hydrogen-bond donors (Lipinski definition) is 1. The van der Waals surface area contributed by atoms with Crippen LogP contribution in [0.15, 0.2) is 18.2 Å². The van der Waals surface area contributed by atoms with Crippen molar-refractivity contribution < 1.29 is 9.90 Å². The van der Waals surface area contributed by atoms with E-state index in [1.54, 1.807) is 13.0 Å². The minimum Gasteiger partial charge on any atom is -0.392 e. The first-order valence-electron chi connectivity index (χ1n) is 6.69. The second-order valence-corrected chi connectivity index (χ2v) is 5.11. The molecule has 1 fully saturated rings. The average molecular weight is 263 g/mol. The van der Waals surface area contributed by atoms with Gasteiger partial charge in [0.25, 0.3) is 5.91 Å². The van der Waals surface area contributed by atoms with Crippen LogP contribution in [-0.2, 0) is 0 Å². The Morgan fingerprint density at radius 1 is 1.37 bits per heavy atom. The molecule has 0 unspecified atom stereocenters. The lowest BCUT2D eigenvalue weighted by Gasteiger charge is -2.35. The molecule has 1 aliphatic rings. The second-order valence-electron chi connectivity index (χ2n) is 5.11. The molecule has 1 saturated heterocycles. The Morgan fingerprint density at radius 2 is 2.05 bits per heavy atom. The summed E-state index contributed by atoms with van der Waals surface area (Å²) in [4.78, 5) is 20.6. The van der Waals surface area contributed by atoms with Gasteiger partial charge in [-0.2, -0.15) is 0 Å². The number of hydrogen-bond acceptors (Lipinski definition) is 4. The highest BCUT2D eigenvalue weighted by atomic mass is 16.3. The summed E-state index contributed by atoms with van der Waals surface area (Å²) in [7, 11) is 0. The van der Waals surface area contributed by atoms with E-state index in [1.807, 2.05) is 24.0 Å². The summed E-state index contributed by atoms with van der Waals surface area (Å²) in [6.07, 6.45) is -0.319. The number of aliphatic hydroxyl groups excluding tert-OH is 1. The number of aliphatic hydroxyl groups is 1. The fraction of sp³-hybridized carbons (Fsp3) is 0.571. The van der Waals surface area contributed by atoms with Crippen LogP contribution in [-0.4, -0.2) is 64.6 Å². The summed E-state index contributed by atoms with van der Waals surface area (Å²) >= 11 is 0. The van der Waals surface area contributed by atoms with Crippen molar-refractivity contribution in [3.8, 4) is 0 Å². The fourth-order valence-electron chi connectivity index (χ4n) is 2.33. The zero-order valence-electron chi connectivity index (χ0n) is 11.5. The number of piperazine rings is 1. The molecule has 0 bridgehead atoms. The van der Waals surface area contributed by atoms with Crippen LogP contribution in [0.25, 0.3) is 0 Å². The van der Waals surface area contributed by atoms with Crippen molar-refractivity contribution in [1.82, 2.24) is 14.8 Å². The summed E-state index contributed by atoms with van der Waals surface area (Å²) in [6.45, 7) is 7.35. The molecule has 19 heavy (non-hydrogen) atoms. The quantitative estimate of drug-likeness (QED) is 0.864. The Labute approximate surface area is 113 Å². The first-order valence-corrected chi connectivity index (χ1v) is 6.69. The van der Waals surface area contributed by atoms with Crippen LogP contribution in [0, 0.1) is 6.92 Å². The molecular weight excluding hydrogens is 242 g/mol. The topological polar surface area (TPSA) is 56.7 Å². The molecule has 0 saturated carbocycles. The van der Waals surface area contributed by atoms with Crippen molar-refractivity contribution in [2.45, 2.75) is 20.0 Å². The number of rotatable bonds is 3. The van der Waals surface area contributed by atoms with Gasteiger partial charge in [-0.3, -0.25) is 9.69 Å². The van der Waals surface area contributed by atoms with E-state index < -0.39 is 0 Å². The van der Waals surface area contributed by atoms with Crippen molar-refractivity contribution >= 4 is 5.91 Å². The summed E-state index contributed by atoms with van der Waals surface area (Å²) in [5, 5.41) is 9.36. The zero-order valence-corrected chi connectivity index (χ0v) is 11.5. The van der Waals surface area contributed by atoms with Gasteiger partial charge in [-0.1, -0.05) is 6.07 Å². The summed E-state index contributed by atoms with van der Waals surface area (Å²) in [5.74, 6) is 0.000368. The van der Waals surface area contributed by atoms with Gasteiger partial charge in [-0.25, -0.2) is 4.98 Å². The predicted octanol–water partition coefficient (Wildman–Crippen LogP) is 0.529. The number of nitrogens with zero attached hydrogens (tertiary/aromatic N) is 3. The first-order chi connectivity index (χ1) is 9.06. The van der Waals surface area contributed by atoms with Crippen molar-refractivity contribution in [3.05, 3.63) is 29.6 Å². The highest BCUT2D eigenvalue weighted by Crippen LogP contribution is 2.08. The molecule has 2 heterocycles. The Bertz CT molecular complexity index is 440. The van der Waals surface area contributed by atoms with Gasteiger partial charge in [0.15, 0.2) is 0 Å². The van der Waals surface area contributed by atoms with Gasteiger partial charge < -0.3 is 10.0 Å². The molecule has 1 aromatic heterocycles. The number of pyridine rings is 1. The lowest BCUT2D eigenvalue weighted by molar-refractivity contribution is 0.0549. The fourth-order valence-corrected chi connectivity index (χ4v) is 2.33. The average Bonchev–Trinajstić information content (AvgIpc) is 2.38. The molecule has 0 radical (unpaired) electrons. The van der Waals surface area contributed by atoms with Crippen molar-refractivity contribution in [2.75, 3.05) is 32.7 Å². The SMILES string of the molecule is Cc1cccc(C(=O)N2CCN(C[C@H](C)O)CC2)n1. The molecule has 1 amide bonds. The van der Waals surface area contributed by atoms with Gasteiger partial charge in [0, 0.05) is 38.4 Å². The smallest absolute Gasteiger partial charge is 0.272 e. The molecular formula is C14H21N3O2. The van der Waals surface area contributed by atoms with Crippen molar-refractivity contribution in [3.63, 3.8) is 0 Å². The Morgan fingerprint density at radius 3 is 2.63 bits per heavy atom. The predicted molar refractivity (Wildman–Crippen MR) is 73.0 cm³/mol. The molecule has 1 aliphatic heterocycles. The van der Waals surface area contributed by atoms with E-state index in [2.05, 4.69) is 9.88 Å². The highest BCUT2D eigenvalue weighted by molar-refractivity contribution is 5.92. The van der Waals surface area contributed by atoms with E-state index in [1.165, 1.54) is 0 Å². The molecule has 0 aliphatic carbocycles. The number of aromatic nitrogens is 1. The van der Waals surface area contributed by atoms with Crippen LogP contribution >= 0.6 is 0 Å². The second kappa shape index (κ2) is 6.12. The maximum absolute atomic E-state index is 12.3. The number of aryl methyl sites for hydroxylation is 1. The molecule has 104 valence electrons. The third kappa shape index (κ3) is 3.75. The third-order valence-corrected chi connectivity index (χ3v) is 3.29. The molecule has 1 N–H and O–H groups in total. The van der Waals surface area contributed by atoms with Crippen LogP contribution in [0.3, 0.4) is 0 Å². The standard InChI is InChI=1S/C14H21N3O2/c1-11-4-3-5-13(15-11)14(19)17-8-6-16(7-9-17)10-12(2)18/h3-5,12,18H,6-10H2,1-2H3/t12-/m0/s1. The maximum atomic E-state index is 12.3. The van der Waals surface area contributed by atoms with Crippen LogP contribution < -0.4 is 0 Å². The van der Waals surface area contributed by atoms with Crippen LogP contribution in [0.4, 0.5) is 0 Å². The van der Waals surface area contributed by atoms with E-state index in [0.717, 1.165) is 18.8 Å². The number of amides is 1. The van der Waals surface area contributed by atoms with Crippen LogP contribution in [0.2, 0.25) is 0 Å². The third-order valence-electron chi connectivity index (χ3n) is 3.29. The van der Waals surface area contributed by atoms with Crippen LogP contribution in [0.5, 0.6) is 0 Å². The van der Waals surface area contributed by atoms with Gasteiger partial charge in [0.2, 0.25) is 0 Å². The maximum Gasteiger partial charge on any atom is 0.272 e. The van der Waals surface area contributed by atoms with Gasteiger partial charge >= 0.3 is 0 Å². The number of carbonyl (C=O) groups excluding carboxylic acids is 1. The lowest BCUT2D eigenvalue weighted by Crippen LogP contribution is -2.50. The minimum atomic E-state index is -0.319. The van der Waals surface area contributed by atoms with Gasteiger partial charge in [0.05, 0.1) is 6.10 Å². The molecule has 2 rings (SSSR count). The van der Waals surface area contributed by atoms with Gasteiger partial charge in [0.1, 0.15) is 5.69 Å². The van der Waals surface area contributed by atoms with Crippen LogP contribution in [0.1, 0.15) is 23.1 Å². The van der Waals surface area contributed by atoms with E-state index in [4.69, 9.17) is 0 Å². The monoisotopic (exact) mass is 263 g/mol. The molecule has 0 spiro atoms. The Kier molecular flexibility index (Phi) is 4.50. The molecule has 0 aromatic carbocycles. The molecule has 1 aromatic rings. The zero-order chi connectivity index (χ0) is 13.8.